The highest BCUT2D eigenvalue weighted by Crippen LogP contribution is 2.29. The fraction of sp³-hybridized carbons (Fsp3) is 0.375. The van der Waals surface area contributed by atoms with Crippen molar-refractivity contribution in [3.05, 3.63) is 18.0 Å². The summed E-state index contributed by atoms with van der Waals surface area (Å²) >= 11 is 0. The van der Waals surface area contributed by atoms with Crippen LogP contribution in [0.5, 0.6) is 11.5 Å². The zero-order valence-electron chi connectivity index (χ0n) is 8.10. The molecular weight excluding hydrogens is 185 g/mol. The molecule has 1 aromatic rings. The predicted molar refractivity (Wildman–Crippen MR) is 51.2 cm³/mol. The number of hydrogen-bond acceptors (Lipinski definition) is 5. The van der Waals surface area contributed by atoms with Crippen molar-refractivity contribution in [2.75, 3.05) is 14.2 Å². The SMILES string of the molecule is COc1ccnc(CB(O)O)c1OC. The van der Waals surface area contributed by atoms with Crippen molar-refractivity contribution in [3.63, 3.8) is 0 Å². The maximum Gasteiger partial charge on any atom is 0.457 e. The third kappa shape index (κ3) is 2.37. The summed E-state index contributed by atoms with van der Waals surface area (Å²) in [5.74, 6) is 0.959. The van der Waals surface area contributed by atoms with Crippen LogP contribution < -0.4 is 9.47 Å². The maximum atomic E-state index is 8.81. The minimum Gasteiger partial charge on any atom is -0.493 e. The van der Waals surface area contributed by atoms with Crippen molar-refractivity contribution in [2.24, 2.45) is 0 Å². The Labute approximate surface area is 82.5 Å². The Morgan fingerprint density at radius 2 is 2.07 bits per heavy atom. The Balaban J connectivity index is 3.02. The fourth-order valence-electron chi connectivity index (χ4n) is 1.17. The molecule has 0 aromatic carbocycles. The van der Waals surface area contributed by atoms with Gasteiger partial charge in [0.25, 0.3) is 0 Å². The second-order valence-electron chi connectivity index (χ2n) is 2.68. The number of nitrogens with zero attached hydrogens (tertiary/aromatic N) is 1. The maximum absolute atomic E-state index is 8.81. The normalized spacial score (nSPS) is 9.71. The lowest BCUT2D eigenvalue weighted by atomic mass is 9.84. The first-order valence-electron chi connectivity index (χ1n) is 4.11. The number of methoxy groups -OCH3 is 2. The van der Waals surface area contributed by atoms with Gasteiger partial charge in [-0.15, -0.1) is 0 Å². The number of ether oxygens (including phenoxy) is 2. The minimum atomic E-state index is -1.44. The standard InChI is InChI=1S/C8H12BNO4/c1-13-7-3-4-10-6(5-9(11)12)8(7)14-2/h3-4,11-12H,5H2,1-2H3. The highest BCUT2D eigenvalue weighted by Gasteiger charge is 2.16. The highest BCUT2D eigenvalue weighted by atomic mass is 16.5. The molecule has 1 aromatic heterocycles. The molecule has 0 atom stereocenters. The second kappa shape index (κ2) is 4.83. The van der Waals surface area contributed by atoms with Gasteiger partial charge in [0.1, 0.15) is 0 Å². The van der Waals surface area contributed by atoms with Crippen LogP contribution in [0.3, 0.4) is 0 Å². The molecule has 0 unspecified atom stereocenters. The van der Waals surface area contributed by atoms with Gasteiger partial charge in [-0.25, -0.2) is 0 Å². The van der Waals surface area contributed by atoms with Gasteiger partial charge in [-0.1, -0.05) is 0 Å². The predicted octanol–water partition coefficient (Wildman–Crippen LogP) is -0.347. The van der Waals surface area contributed by atoms with E-state index in [-0.39, 0.29) is 6.32 Å². The summed E-state index contributed by atoms with van der Waals surface area (Å²) in [6, 6.07) is 1.64. The topological polar surface area (TPSA) is 71.8 Å². The van der Waals surface area contributed by atoms with E-state index in [2.05, 4.69) is 4.98 Å². The van der Waals surface area contributed by atoms with Gasteiger partial charge in [0.05, 0.1) is 19.9 Å². The van der Waals surface area contributed by atoms with Gasteiger partial charge in [0.2, 0.25) is 0 Å². The average Bonchev–Trinajstić information content (AvgIpc) is 2.16. The second-order valence-corrected chi connectivity index (χ2v) is 2.68. The van der Waals surface area contributed by atoms with Crippen molar-refractivity contribution >= 4 is 7.12 Å². The Morgan fingerprint density at radius 3 is 2.57 bits per heavy atom. The molecule has 0 aliphatic rings. The Hall–Kier alpha value is -1.27. The first-order chi connectivity index (χ1) is 6.69. The monoisotopic (exact) mass is 197 g/mol. The summed E-state index contributed by atoms with van der Waals surface area (Å²) in [4.78, 5) is 3.97. The van der Waals surface area contributed by atoms with E-state index in [1.54, 1.807) is 6.07 Å². The highest BCUT2D eigenvalue weighted by molar-refractivity contribution is 6.40. The van der Waals surface area contributed by atoms with Gasteiger partial charge < -0.3 is 19.5 Å². The largest absolute Gasteiger partial charge is 0.493 e. The molecule has 0 aliphatic carbocycles. The van der Waals surface area contributed by atoms with Gasteiger partial charge >= 0.3 is 7.12 Å². The molecule has 14 heavy (non-hydrogen) atoms. The summed E-state index contributed by atoms with van der Waals surface area (Å²) in [7, 11) is 1.55. The quantitative estimate of drug-likeness (QED) is 0.645. The molecule has 76 valence electrons. The van der Waals surface area contributed by atoms with Crippen LogP contribution in [-0.2, 0) is 6.32 Å². The third-order valence-electron chi connectivity index (χ3n) is 1.74. The lowest BCUT2D eigenvalue weighted by Crippen LogP contribution is -2.17. The van der Waals surface area contributed by atoms with Crippen LogP contribution in [0.2, 0.25) is 0 Å². The van der Waals surface area contributed by atoms with Crippen LogP contribution in [0.1, 0.15) is 5.69 Å². The molecule has 2 N–H and O–H groups in total. The summed E-state index contributed by atoms with van der Waals surface area (Å²) in [5, 5.41) is 17.6. The number of aromatic nitrogens is 1. The van der Waals surface area contributed by atoms with E-state index in [9.17, 15) is 0 Å². The lowest BCUT2D eigenvalue weighted by molar-refractivity contribution is 0.348. The molecular formula is C8H12BNO4. The van der Waals surface area contributed by atoms with Crippen LogP contribution in [0.15, 0.2) is 12.3 Å². The zero-order valence-corrected chi connectivity index (χ0v) is 8.10. The van der Waals surface area contributed by atoms with E-state index in [0.29, 0.717) is 17.2 Å². The van der Waals surface area contributed by atoms with Gasteiger partial charge in [-0.3, -0.25) is 4.98 Å². The van der Waals surface area contributed by atoms with E-state index >= 15 is 0 Å². The fourth-order valence-corrected chi connectivity index (χ4v) is 1.17. The summed E-state index contributed by atoms with van der Waals surface area (Å²) in [6.45, 7) is 0. The molecule has 6 heteroatoms. The zero-order chi connectivity index (χ0) is 10.6. The first kappa shape index (κ1) is 10.8. The number of pyridine rings is 1. The van der Waals surface area contributed by atoms with Gasteiger partial charge in [0, 0.05) is 18.6 Å². The number of hydrogen-bond donors (Lipinski definition) is 2. The summed E-state index contributed by atoms with van der Waals surface area (Å²) < 4.78 is 10.1. The molecule has 1 heterocycles. The molecule has 0 bridgehead atoms. The molecule has 0 aliphatic heterocycles. The molecule has 1 rings (SSSR count). The number of rotatable bonds is 4. The molecule has 0 saturated heterocycles. The van der Waals surface area contributed by atoms with Crippen LogP contribution >= 0.6 is 0 Å². The minimum absolute atomic E-state index is 0.0143. The van der Waals surface area contributed by atoms with E-state index in [0.717, 1.165) is 0 Å². The van der Waals surface area contributed by atoms with Crippen molar-refractivity contribution < 1.29 is 19.5 Å². The van der Waals surface area contributed by atoms with Crippen molar-refractivity contribution in [1.82, 2.24) is 4.98 Å². The molecule has 0 spiro atoms. The van der Waals surface area contributed by atoms with E-state index in [1.807, 2.05) is 0 Å². The Kier molecular flexibility index (Phi) is 3.73. The van der Waals surface area contributed by atoms with Gasteiger partial charge in [-0.05, 0) is 0 Å². The smallest absolute Gasteiger partial charge is 0.457 e. The molecule has 0 radical (unpaired) electrons. The van der Waals surface area contributed by atoms with Gasteiger partial charge in [0.15, 0.2) is 11.5 Å². The molecule has 5 nitrogen and oxygen atoms in total. The molecule has 0 amide bonds. The van der Waals surface area contributed by atoms with E-state index in [4.69, 9.17) is 19.5 Å². The van der Waals surface area contributed by atoms with Crippen LogP contribution in [0.4, 0.5) is 0 Å². The Morgan fingerprint density at radius 1 is 1.36 bits per heavy atom. The van der Waals surface area contributed by atoms with Crippen LogP contribution in [0, 0.1) is 0 Å². The van der Waals surface area contributed by atoms with Crippen LogP contribution in [-0.4, -0.2) is 36.4 Å². The Bertz CT molecular complexity index is 305. The first-order valence-corrected chi connectivity index (χ1v) is 4.11. The van der Waals surface area contributed by atoms with E-state index in [1.165, 1.54) is 20.4 Å². The van der Waals surface area contributed by atoms with Crippen molar-refractivity contribution in [1.29, 1.82) is 0 Å². The summed E-state index contributed by atoms with van der Waals surface area (Å²) in [5.41, 5.74) is 0.460. The summed E-state index contributed by atoms with van der Waals surface area (Å²) in [6.07, 6.45) is 1.54. The third-order valence-corrected chi connectivity index (χ3v) is 1.74. The van der Waals surface area contributed by atoms with Crippen molar-refractivity contribution in [2.45, 2.75) is 6.32 Å². The van der Waals surface area contributed by atoms with Gasteiger partial charge in [-0.2, -0.15) is 0 Å². The average molecular weight is 197 g/mol. The van der Waals surface area contributed by atoms with Crippen molar-refractivity contribution in [3.8, 4) is 11.5 Å². The van der Waals surface area contributed by atoms with Crippen LogP contribution in [0.25, 0.3) is 0 Å². The lowest BCUT2D eigenvalue weighted by Gasteiger charge is -2.10. The molecule has 0 saturated carbocycles. The molecule has 0 fully saturated rings. The van der Waals surface area contributed by atoms with E-state index < -0.39 is 7.12 Å².